The third-order valence-electron chi connectivity index (χ3n) is 4.98. The predicted octanol–water partition coefficient (Wildman–Crippen LogP) is 3.00. The summed E-state index contributed by atoms with van der Waals surface area (Å²) in [5.41, 5.74) is 2.89. The van der Waals surface area contributed by atoms with E-state index in [2.05, 4.69) is 5.32 Å². The SMILES string of the molecule is O=C(Cc1ccc(N2CCCC2=O)cc1)NC1CCOc2ccccc21. The number of benzene rings is 2. The zero-order chi connectivity index (χ0) is 17.9. The molecule has 1 atom stereocenters. The Morgan fingerprint density at radius 1 is 1.15 bits per heavy atom. The molecule has 1 saturated heterocycles. The van der Waals surface area contributed by atoms with Gasteiger partial charge in [-0.2, -0.15) is 0 Å². The number of hydrogen-bond acceptors (Lipinski definition) is 3. The number of rotatable bonds is 4. The van der Waals surface area contributed by atoms with Gasteiger partial charge in [0, 0.05) is 30.6 Å². The number of anilines is 1. The Labute approximate surface area is 153 Å². The number of fused-ring (bicyclic) bond motifs is 1. The van der Waals surface area contributed by atoms with Crippen molar-refractivity contribution in [3.63, 3.8) is 0 Å². The number of nitrogens with one attached hydrogen (secondary N) is 1. The van der Waals surface area contributed by atoms with Gasteiger partial charge < -0.3 is 15.0 Å². The Morgan fingerprint density at radius 3 is 2.73 bits per heavy atom. The average molecular weight is 350 g/mol. The van der Waals surface area contributed by atoms with Crippen molar-refractivity contribution in [2.75, 3.05) is 18.1 Å². The van der Waals surface area contributed by atoms with E-state index >= 15 is 0 Å². The molecule has 2 aliphatic rings. The molecule has 1 unspecified atom stereocenters. The van der Waals surface area contributed by atoms with Crippen LogP contribution in [0.3, 0.4) is 0 Å². The molecule has 0 aromatic heterocycles. The lowest BCUT2D eigenvalue weighted by Crippen LogP contribution is -2.33. The Kier molecular flexibility index (Phi) is 4.61. The van der Waals surface area contributed by atoms with E-state index in [9.17, 15) is 9.59 Å². The summed E-state index contributed by atoms with van der Waals surface area (Å²) >= 11 is 0. The fourth-order valence-corrected chi connectivity index (χ4v) is 3.64. The zero-order valence-corrected chi connectivity index (χ0v) is 14.6. The molecule has 4 rings (SSSR count). The fraction of sp³-hybridized carbons (Fsp3) is 0.333. The van der Waals surface area contributed by atoms with Crippen molar-refractivity contribution in [1.29, 1.82) is 0 Å². The third kappa shape index (κ3) is 3.43. The smallest absolute Gasteiger partial charge is 0.227 e. The van der Waals surface area contributed by atoms with Gasteiger partial charge in [-0.05, 0) is 30.2 Å². The van der Waals surface area contributed by atoms with Crippen molar-refractivity contribution in [1.82, 2.24) is 5.32 Å². The minimum Gasteiger partial charge on any atom is -0.493 e. The molecule has 26 heavy (non-hydrogen) atoms. The molecular weight excluding hydrogens is 328 g/mol. The molecule has 0 radical (unpaired) electrons. The lowest BCUT2D eigenvalue weighted by atomic mass is 10.00. The van der Waals surface area contributed by atoms with Crippen LogP contribution in [0.5, 0.6) is 5.75 Å². The minimum absolute atomic E-state index is 0.00305. The third-order valence-corrected chi connectivity index (χ3v) is 4.98. The van der Waals surface area contributed by atoms with Crippen molar-refractivity contribution < 1.29 is 14.3 Å². The molecule has 2 aliphatic heterocycles. The number of carbonyl (C=O) groups excluding carboxylic acids is 2. The van der Waals surface area contributed by atoms with Crippen LogP contribution in [0.25, 0.3) is 0 Å². The number of ether oxygens (including phenoxy) is 1. The maximum absolute atomic E-state index is 12.5. The summed E-state index contributed by atoms with van der Waals surface area (Å²) in [6.45, 7) is 1.39. The highest BCUT2D eigenvalue weighted by molar-refractivity contribution is 5.95. The normalized spacial score (nSPS) is 19.0. The van der Waals surface area contributed by atoms with Gasteiger partial charge in [-0.25, -0.2) is 0 Å². The molecule has 5 heteroatoms. The topological polar surface area (TPSA) is 58.6 Å². The van der Waals surface area contributed by atoms with Gasteiger partial charge in [0.15, 0.2) is 0 Å². The van der Waals surface area contributed by atoms with Crippen molar-refractivity contribution >= 4 is 17.5 Å². The summed E-state index contributed by atoms with van der Waals surface area (Å²) in [6.07, 6.45) is 2.64. The van der Waals surface area contributed by atoms with Crippen molar-refractivity contribution in [3.8, 4) is 5.75 Å². The number of carbonyl (C=O) groups is 2. The average Bonchev–Trinajstić information content (AvgIpc) is 3.09. The maximum Gasteiger partial charge on any atom is 0.227 e. The lowest BCUT2D eigenvalue weighted by Gasteiger charge is -2.26. The molecule has 2 aromatic rings. The molecule has 2 amide bonds. The van der Waals surface area contributed by atoms with Crippen molar-refractivity contribution in [2.24, 2.45) is 0 Å². The fourth-order valence-electron chi connectivity index (χ4n) is 3.64. The van der Waals surface area contributed by atoms with Crippen LogP contribution in [-0.2, 0) is 16.0 Å². The number of nitrogens with zero attached hydrogens (tertiary/aromatic N) is 1. The molecule has 1 N–H and O–H groups in total. The summed E-state index contributed by atoms with van der Waals surface area (Å²) in [7, 11) is 0. The first-order chi connectivity index (χ1) is 12.7. The van der Waals surface area contributed by atoms with Gasteiger partial charge in [0.1, 0.15) is 5.75 Å². The van der Waals surface area contributed by atoms with E-state index in [0.717, 1.165) is 42.0 Å². The number of hydrogen-bond donors (Lipinski definition) is 1. The first kappa shape index (κ1) is 16.6. The standard InChI is InChI=1S/C21H22N2O3/c24-20(22-18-11-13-26-19-5-2-1-4-17(18)19)14-15-7-9-16(10-8-15)23-12-3-6-21(23)25/h1-2,4-5,7-10,18H,3,6,11-14H2,(H,22,24). The summed E-state index contributed by atoms with van der Waals surface area (Å²) in [5.74, 6) is 1.02. The molecule has 2 aromatic carbocycles. The summed E-state index contributed by atoms with van der Waals surface area (Å²) in [6, 6.07) is 15.5. The summed E-state index contributed by atoms with van der Waals surface area (Å²) in [5, 5.41) is 3.12. The molecule has 0 aliphatic carbocycles. The zero-order valence-electron chi connectivity index (χ0n) is 14.6. The van der Waals surface area contributed by atoms with Gasteiger partial charge in [-0.15, -0.1) is 0 Å². The molecule has 1 fully saturated rings. The Morgan fingerprint density at radius 2 is 1.96 bits per heavy atom. The Bertz CT molecular complexity index is 816. The van der Waals surface area contributed by atoms with E-state index < -0.39 is 0 Å². The molecule has 0 saturated carbocycles. The van der Waals surface area contributed by atoms with E-state index in [1.807, 2.05) is 53.4 Å². The Hall–Kier alpha value is -2.82. The highest BCUT2D eigenvalue weighted by Gasteiger charge is 2.23. The van der Waals surface area contributed by atoms with Crippen LogP contribution in [0.1, 0.15) is 36.4 Å². The molecule has 5 nitrogen and oxygen atoms in total. The predicted molar refractivity (Wildman–Crippen MR) is 99.2 cm³/mol. The van der Waals surface area contributed by atoms with Gasteiger partial charge in [0.25, 0.3) is 0 Å². The second-order valence-electron chi connectivity index (χ2n) is 6.79. The Balaban J connectivity index is 1.39. The van der Waals surface area contributed by atoms with Crippen molar-refractivity contribution in [2.45, 2.75) is 31.7 Å². The molecule has 2 heterocycles. The van der Waals surface area contributed by atoms with Crippen LogP contribution >= 0.6 is 0 Å². The lowest BCUT2D eigenvalue weighted by molar-refractivity contribution is -0.121. The highest BCUT2D eigenvalue weighted by Crippen LogP contribution is 2.31. The second kappa shape index (κ2) is 7.20. The van der Waals surface area contributed by atoms with E-state index in [4.69, 9.17) is 4.74 Å². The van der Waals surface area contributed by atoms with Crippen molar-refractivity contribution in [3.05, 3.63) is 59.7 Å². The first-order valence-corrected chi connectivity index (χ1v) is 9.11. The van der Waals surface area contributed by atoms with E-state index in [-0.39, 0.29) is 17.9 Å². The van der Waals surface area contributed by atoms with Gasteiger partial charge in [0.05, 0.1) is 19.1 Å². The molecule has 0 bridgehead atoms. The number of amides is 2. The monoisotopic (exact) mass is 350 g/mol. The van der Waals surface area contributed by atoms with Crippen LogP contribution < -0.4 is 15.0 Å². The molecule has 0 spiro atoms. The van der Waals surface area contributed by atoms with E-state index in [1.54, 1.807) is 0 Å². The van der Waals surface area contributed by atoms with E-state index in [1.165, 1.54) is 0 Å². The van der Waals surface area contributed by atoms with Crippen LogP contribution in [0.2, 0.25) is 0 Å². The quantitative estimate of drug-likeness (QED) is 0.922. The highest BCUT2D eigenvalue weighted by atomic mass is 16.5. The van der Waals surface area contributed by atoms with E-state index in [0.29, 0.717) is 19.4 Å². The first-order valence-electron chi connectivity index (χ1n) is 9.11. The van der Waals surface area contributed by atoms with Crippen LogP contribution in [-0.4, -0.2) is 25.0 Å². The number of para-hydroxylation sites is 1. The summed E-state index contributed by atoms with van der Waals surface area (Å²) in [4.78, 5) is 26.1. The van der Waals surface area contributed by atoms with Gasteiger partial charge in [-0.1, -0.05) is 30.3 Å². The van der Waals surface area contributed by atoms with Gasteiger partial charge in [-0.3, -0.25) is 9.59 Å². The van der Waals surface area contributed by atoms with Gasteiger partial charge >= 0.3 is 0 Å². The minimum atomic E-state index is -0.00561. The van der Waals surface area contributed by atoms with Crippen LogP contribution in [0, 0.1) is 0 Å². The maximum atomic E-state index is 12.5. The van der Waals surface area contributed by atoms with Gasteiger partial charge in [0.2, 0.25) is 11.8 Å². The molecular formula is C21H22N2O3. The molecule has 134 valence electrons. The van der Waals surface area contributed by atoms with Crippen LogP contribution in [0.15, 0.2) is 48.5 Å². The second-order valence-corrected chi connectivity index (χ2v) is 6.79. The van der Waals surface area contributed by atoms with Crippen LogP contribution in [0.4, 0.5) is 5.69 Å². The largest absolute Gasteiger partial charge is 0.493 e. The summed E-state index contributed by atoms with van der Waals surface area (Å²) < 4.78 is 5.64.